The summed E-state index contributed by atoms with van der Waals surface area (Å²) >= 11 is 3.47. The average molecular weight is 311 g/mol. The molecule has 0 heterocycles. The molecule has 2 nitrogen and oxygen atoms in total. The van der Waals surface area contributed by atoms with E-state index in [-0.39, 0.29) is 5.54 Å². The van der Waals surface area contributed by atoms with Gasteiger partial charge in [0.25, 0.3) is 0 Å². The van der Waals surface area contributed by atoms with Crippen molar-refractivity contribution in [1.29, 1.82) is 0 Å². The third kappa shape index (κ3) is 3.07. The normalized spacial score (nSPS) is 32.2. The summed E-state index contributed by atoms with van der Waals surface area (Å²) in [4.78, 5) is 0. The van der Waals surface area contributed by atoms with Crippen LogP contribution in [0.1, 0.15) is 33.1 Å². The third-order valence-electron chi connectivity index (χ3n) is 4.41. The Morgan fingerprint density at radius 2 is 1.94 bits per heavy atom. The van der Waals surface area contributed by atoms with Crippen LogP contribution in [-0.2, 0) is 0 Å². The number of nitrogens with one attached hydrogen (secondary N) is 1. The van der Waals surface area contributed by atoms with E-state index in [0.29, 0.717) is 6.54 Å². The summed E-state index contributed by atoms with van der Waals surface area (Å²) in [6, 6.07) is 8.37. The summed E-state index contributed by atoms with van der Waals surface area (Å²) in [7, 11) is 0. The Balaban J connectivity index is 2.11. The lowest BCUT2D eigenvalue weighted by molar-refractivity contribution is 0.196. The molecular weight excluding hydrogens is 288 g/mol. The lowest BCUT2D eigenvalue weighted by atomic mass is 9.71. The highest BCUT2D eigenvalue weighted by Crippen LogP contribution is 2.37. The highest BCUT2D eigenvalue weighted by molar-refractivity contribution is 9.10. The highest BCUT2D eigenvalue weighted by Gasteiger charge is 2.36. The molecule has 1 saturated carbocycles. The zero-order valence-corrected chi connectivity index (χ0v) is 12.8. The van der Waals surface area contributed by atoms with Crippen molar-refractivity contribution >= 4 is 21.6 Å². The van der Waals surface area contributed by atoms with E-state index in [4.69, 9.17) is 5.73 Å². The van der Waals surface area contributed by atoms with E-state index in [1.54, 1.807) is 0 Å². The molecule has 0 bridgehead atoms. The van der Waals surface area contributed by atoms with Gasteiger partial charge in [-0.3, -0.25) is 0 Å². The second kappa shape index (κ2) is 5.62. The third-order valence-corrected chi connectivity index (χ3v) is 4.94. The maximum atomic E-state index is 6.05. The lowest BCUT2D eigenvalue weighted by Gasteiger charge is -2.43. The molecule has 1 aromatic carbocycles. The summed E-state index contributed by atoms with van der Waals surface area (Å²) < 4.78 is 1.11. The number of halogens is 1. The van der Waals surface area contributed by atoms with Gasteiger partial charge in [0.1, 0.15) is 0 Å². The van der Waals surface area contributed by atoms with Gasteiger partial charge >= 0.3 is 0 Å². The summed E-state index contributed by atoms with van der Waals surface area (Å²) in [5.74, 6) is 1.56. The van der Waals surface area contributed by atoms with Crippen LogP contribution in [0.4, 0.5) is 5.69 Å². The maximum Gasteiger partial charge on any atom is 0.0498 e. The molecule has 1 aromatic rings. The van der Waals surface area contributed by atoms with Gasteiger partial charge in [0.05, 0.1) is 0 Å². The minimum absolute atomic E-state index is 0.0831. The summed E-state index contributed by atoms with van der Waals surface area (Å²) in [6.45, 7) is 5.41. The molecule has 3 unspecified atom stereocenters. The van der Waals surface area contributed by atoms with Crippen LogP contribution in [0.5, 0.6) is 0 Å². The first kappa shape index (κ1) is 13.9. The molecule has 0 radical (unpaired) electrons. The van der Waals surface area contributed by atoms with E-state index >= 15 is 0 Å². The first-order chi connectivity index (χ1) is 8.54. The molecule has 0 aliphatic heterocycles. The SMILES string of the molecule is CC1CCC(CN)(Nc2ccc(Br)cc2)CC1C. The fourth-order valence-electron chi connectivity index (χ4n) is 2.90. The van der Waals surface area contributed by atoms with Crippen LogP contribution in [0.2, 0.25) is 0 Å². The topological polar surface area (TPSA) is 38.0 Å². The van der Waals surface area contributed by atoms with Crippen LogP contribution in [0.3, 0.4) is 0 Å². The number of nitrogens with two attached hydrogens (primary N) is 1. The first-order valence-corrected chi connectivity index (χ1v) is 7.58. The van der Waals surface area contributed by atoms with Gasteiger partial charge in [-0.25, -0.2) is 0 Å². The monoisotopic (exact) mass is 310 g/mol. The Morgan fingerprint density at radius 1 is 1.28 bits per heavy atom. The number of hydrogen-bond donors (Lipinski definition) is 2. The molecule has 0 aromatic heterocycles. The van der Waals surface area contributed by atoms with Crippen molar-refractivity contribution in [1.82, 2.24) is 0 Å². The number of benzene rings is 1. The molecule has 1 fully saturated rings. The van der Waals surface area contributed by atoms with Crippen molar-refractivity contribution in [2.24, 2.45) is 17.6 Å². The lowest BCUT2D eigenvalue weighted by Crippen LogP contribution is -2.50. The number of hydrogen-bond acceptors (Lipinski definition) is 2. The molecule has 0 amide bonds. The molecule has 100 valence electrons. The second-order valence-electron chi connectivity index (χ2n) is 5.81. The quantitative estimate of drug-likeness (QED) is 0.885. The van der Waals surface area contributed by atoms with Crippen molar-refractivity contribution in [2.75, 3.05) is 11.9 Å². The summed E-state index contributed by atoms with van der Waals surface area (Å²) in [5.41, 5.74) is 7.31. The summed E-state index contributed by atoms with van der Waals surface area (Å²) in [6.07, 6.45) is 3.60. The van der Waals surface area contributed by atoms with Crippen LogP contribution < -0.4 is 11.1 Å². The molecule has 2 rings (SSSR count). The van der Waals surface area contributed by atoms with E-state index in [1.807, 2.05) is 0 Å². The Bertz CT molecular complexity index is 390. The second-order valence-corrected chi connectivity index (χ2v) is 6.73. The molecule has 3 heteroatoms. The van der Waals surface area contributed by atoms with E-state index in [2.05, 4.69) is 59.4 Å². The fourth-order valence-corrected chi connectivity index (χ4v) is 3.16. The number of rotatable bonds is 3. The van der Waals surface area contributed by atoms with Crippen molar-refractivity contribution in [3.8, 4) is 0 Å². The average Bonchev–Trinajstić information content (AvgIpc) is 2.37. The van der Waals surface area contributed by atoms with Crippen LogP contribution >= 0.6 is 15.9 Å². The van der Waals surface area contributed by atoms with Gasteiger partial charge in [0.15, 0.2) is 0 Å². The number of anilines is 1. The van der Waals surface area contributed by atoms with Gasteiger partial charge in [-0.05, 0) is 55.4 Å². The Hall–Kier alpha value is -0.540. The van der Waals surface area contributed by atoms with Crippen LogP contribution in [0.15, 0.2) is 28.7 Å². The van der Waals surface area contributed by atoms with Gasteiger partial charge in [-0.2, -0.15) is 0 Å². The Labute approximate surface area is 118 Å². The predicted molar refractivity (Wildman–Crippen MR) is 81.7 cm³/mol. The van der Waals surface area contributed by atoms with Crippen molar-refractivity contribution < 1.29 is 0 Å². The standard InChI is InChI=1S/C15H23BrN2/c1-11-7-8-15(10-17,9-12(11)2)18-14-5-3-13(16)4-6-14/h3-6,11-12,18H,7-10,17H2,1-2H3. The van der Waals surface area contributed by atoms with Crippen LogP contribution in [-0.4, -0.2) is 12.1 Å². The zero-order chi connectivity index (χ0) is 13.2. The van der Waals surface area contributed by atoms with Gasteiger partial charge in [0, 0.05) is 22.2 Å². The highest BCUT2D eigenvalue weighted by atomic mass is 79.9. The zero-order valence-electron chi connectivity index (χ0n) is 11.2. The van der Waals surface area contributed by atoms with Gasteiger partial charge in [0.2, 0.25) is 0 Å². The molecule has 0 spiro atoms. The molecule has 0 saturated heterocycles. The molecule has 1 aliphatic rings. The van der Waals surface area contributed by atoms with E-state index in [1.165, 1.54) is 24.9 Å². The van der Waals surface area contributed by atoms with Crippen molar-refractivity contribution in [2.45, 2.75) is 38.6 Å². The summed E-state index contributed by atoms with van der Waals surface area (Å²) in [5, 5.41) is 3.68. The molecular formula is C15H23BrN2. The van der Waals surface area contributed by atoms with E-state index < -0.39 is 0 Å². The molecule has 18 heavy (non-hydrogen) atoms. The van der Waals surface area contributed by atoms with Crippen molar-refractivity contribution in [3.63, 3.8) is 0 Å². The first-order valence-electron chi connectivity index (χ1n) is 6.78. The van der Waals surface area contributed by atoms with Crippen LogP contribution in [0, 0.1) is 11.8 Å². The van der Waals surface area contributed by atoms with Gasteiger partial charge in [-0.1, -0.05) is 29.8 Å². The van der Waals surface area contributed by atoms with Gasteiger partial charge in [-0.15, -0.1) is 0 Å². The van der Waals surface area contributed by atoms with Crippen LogP contribution in [0.25, 0.3) is 0 Å². The fraction of sp³-hybridized carbons (Fsp3) is 0.600. The molecule has 3 N–H and O–H groups in total. The maximum absolute atomic E-state index is 6.05. The smallest absolute Gasteiger partial charge is 0.0498 e. The van der Waals surface area contributed by atoms with Gasteiger partial charge < -0.3 is 11.1 Å². The largest absolute Gasteiger partial charge is 0.378 e. The van der Waals surface area contributed by atoms with Crippen molar-refractivity contribution in [3.05, 3.63) is 28.7 Å². The molecule has 1 aliphatic carbocycles. The minimum Gasteiger partial charge on any atom is -0.378 e. The Kier molecular flexibility index (Phi) is 4.33. The van der Waals surface area contributed by atoms with E-state index in [9.17, 15) is 0 Å². The minimum atomic E-state index is 0.0831. The molecule has 3 atom stereocenters. The van der Waals surface area contributed by atoms with E-state index in [0.717, 1.165) is 16.3 Å². The Morgan fingerprint density at radius 3 is 2.50 bits per heavy atom. The predicted octanol–water partition coefficient (Wildman–Crippen LogP) is 4.01.